The highest BCUT2D eigenvalue weighted by Crippen LogP contribution is 2.67. The summed E-state index contributed by atoms with van der Waals surface area (Å²) in [5, 5.41) is 10.2. The molecular weight excluding hydrogens is 364 g/mol. The molecule has 0 radical (unpaired) electrons. The second kappa shape index (κ2) is 8.42. The Morgan fingerprint density at radius 1 is 1.10 bits per heavy atom. The molecule has 170 valence electrons. The third-order valence-electron chi connectivity index (χ3n) is 10.8. The van der Waals surface area contributed by atoms with E-state index in [1.54, 1.807) is 11.1 Å². The van der Waals surface area contributed by atoms with Gasteiger partial charge >= 0.3 is 0 Å². The molecule has 0 saturated heterocycles. The first kappa shape index (κ1) is 22.6. The molecule has 3 saturated carbocycles. The van der Waals surface area contributed by atoms with Crippen molar-refractivity contribution in [3.63, 3.8) is 0 Å². The molecule has 0 aliphatic heterocycles. The normalized spacial score (nSPS) is 44.9. The molecule has 1 nitrogen and oxygen atoms in total. The Bertz CT molecular complexity index is 686. The predicted octanol–water partition coefficient (Wildman–Crippen LogP) is 7.94. The van der Waals surface area contributed by atoms with E-state index in [4.69, 9.17) is 0 Å². The molecule has 8 unspecified atom stereocenters. The highest BCUT2D eigenvalue weighted by atomic mass is 16.3. The van der Waals surface area contributed by atoms with Crippen molar-refractivity contribution in [1.29, 1.82) is 0 Å². The summed E-state index contributed by atoms with van der Waals surface area (Å²) < 4.78 is 0. The van der Waals surface area contributed by atoms with Crippen molar-refractivity contribution >= 4 is 0 Å². The molecule has 0 aromatic rings. The average Bonchev–Trinajstić information content (AvgIpc) is 3.06. The van der Waals surface area contributed by atoms with Crippen LogP contribution in [0.3, 0.4) is 0 Å². The molecule has 0 amide bonds. The molecule has 3 fully saturated rings. The fraction of sp³-hybridized carbons (Fsp3) is 0.862. The standard InChI is InChI=1S/C29H48O/c1-7-21(19(2)3)9-8-20(4)25-12-13-26-24-11-10-22-18-23(30)14-16-28(22,5)27(24)15-17-29(25,26)6/h7,10,19-20,23-27,30H,8-9,11-18H2,1-6H3/b21-7+. The predicted molar refractivity (Wildman–Crippen MR) is 128 cm³/mol. The monoisotopic (exact) mass is 412 g/mol. The molecule has 0 heterocycles. The second-order valence-electron chi connectivity index (χ2n) is 12.4. The van der Waals surface area contributed by atoms with Gasteiger partial charge in [-0.25, -0.2) is 0 Å². The zero-order valence-corrected chi connectivity index (χ0v) is 20.7. The number of allylic oxidation sites excluding steroid dienone is 3. The number of fused-ring (bicyclic) bond motifs is 5. The van der Waals surface area contributed by atoms with Crippen LogP contribution in [0.25, 0.3) is 0 Å². The van der Waals surface area contributed by atoms with Crippen LogP contribution in [0.5, 0.6) is 0 Å². The van der Waals surface area contributed by atoms with E-state index in [9.17, 15) is 5.11 Å². The van der Waals surface area contributed by atoms with Crippen LogP contribution < -0.4 is 0 Å². The van der Waals surface area contributed by atoms with Crippen molar-refractivity contribution in [2.24, 2.45) is 46.3 Å². The SMILES string of the molecule is C/C=C(\CCC(C)C1CCC2C3CC=C4CC(O)CCC4(C)C3CCC12C)C(C)C. The molecule has 8 atom stereocenters. The molecule has 1 heteroatoms. The lowest BCUT2D eigenvalue weighted by Gasteiger charge is -2.58. The number of hydrogen-bond acceptors (Lipinski definition) is 1. The van der Waals surface area contributed by atoms with E-state index in [-0.39, 0.29) is 6.10 Å². The van der Waals surface area contributed by atoms with Crippen molar-refractivity contribution in [3.8, 4) is 0 Å². The van der Waals surface area contributed by atoms with E-state index in [1.807, 2.05) is 0 Å². The van der Waals surface area contributed by atoms with Crippen LogP contribution in [0.1, 0.15) is 106 Å². The van der Waals surface area contributed by atoms with Gasteiger partial charge in [0.05, 0.1) is 6.10 Å². The lowest BCUT2D eigenvalue weighted by atomic mass is 9.47. The molecule has 4 rings (SSSR count). The van der Waals surface area contributed by atoms with E-state index in [0.717, 1.165) is 42.4 Å². The maximum absolute atomic E-state index is 10.2. The summed E-state index contributed by atoms with van der Waals surface area (Å²) in [7, 11) is 0. The van der Waals surface area contributed by atoms with Crippen molar-refractivity contribution < 1.29 is 5.11 Å². The van der Waals surface area contributed by atoms with Crippen molar-refractivity contribution in [3.05, 3.63) is 23.3 Å². The first-order valence-electron chi connectivity index (χ1n) is 13.2. The van der Waals surface area contributed by atoms with Crippen LogP contribution >= 0.6 is 0 Å². The van der Waals surface area contributed by atoms with Gasteiger partial charge in [-0.2, -0.15) is 0 Å². The zero-order valence-electron chi connectivity index (χ0n) is 20.7. The molecule has 4 aliphatic rings. The van der Waals surface area contributed by atoms with Gasteiger partial charge < -0.3 is 5.11 Å². The van der Waals surface area contributed by atoms with Gasteiger partial charge in [0.25, 0.3) is 0 Å². The Hall–Kier alpha value is -0.560. The molecule has 30 heavy (non-hydrogen) atoms. The molecule has 0 spiro atoms. The largest absolute Gasteiger partial charge is 0.393 e. The number of rotatable bonds is 5. The quantitative estimate of drug-likeness (QED) is 0.454. The van der Waals surface area contributed by atoms with Crippen LogP contribution in [-0.4, -0.2) is 11.2 Å². The van der Waals surface area contributed by atoms with Gasteiger partial charge in [-0.15, -0.1) is 0 Å². The second-order valence-corrected chi connectivity index (χ2v) is 12.4. The minimum atomic E-state index is -0.0839. The Morgan fingerprint density at radius 2 is 1.87 bits per heavy atom. The summed E-state index contributed by atoms with van der Waals surface area (Å²) >= 11 is 0. The maximum Gasteiger partial charge on any atom is 0.0577 e. The van der Waals surface area contributed by atoms with E-state index in [0.29, 0.717) is 16.7 Å². The van der Waals surface area contributed by atoms with Gasteiger partial charge in [0.2, 0.25) is 0 Å². The number of aliphatic hydroxyl groups excluding tert-OH is 1. The van der Waals surface area contributed by atoms with Crippen molar-refractivity contribution in [2.45, 2.75) is 112 Å². The highest BCUT2D eigenvalue weighted by Gasteiger charge is 2.59. The lowest BCUT2D eigenvalue weighted by Crippen LogP contribution is -2.50. The lowest BCUT2D eigenvalue weighted by molar-refractivity contribution is -0.0571. The molecular formula is C29H48O. The molecule has 0 bridgehead atoms. The fourth-order valence-electron chi connectivity index (χ4n) is 8.98. The molecule has 4 aliphatic carbocycles. The van der Waals surface area contributed by atoms with Gasteiger partial charge in [-0.1, -0.05) is 57.9 Å². The third-order valence-corrected chi connectivity index (χ3v) is 10.8. The summed E-state index contributed by atoms with van der Waals surface area (Å²) in [4.78, 5) is 0. The van der Waals surface area contributed by atoms with E-state index in [1.165, 1.54) is 51.4 Å². The summed E-state index contributed by atoms with van der Waals surface area (Å²) in [5.74, 6) is 5.15. The third kappa shape index (κ3) is 3.66. The van der Waals surface area contributed by atoms with E-state index >= 15 is 0 Å². The van der Waals surface area contributed by atoms with Gasteiger partial charge in [-0.05, 0) is 117 Å². The summed E-state index contributed by atoms with van der Waals surface area (Å²) in [5.41, 5.74) is 4.21. The smallest absolute Gasteiger partial charge is 0.0577 e. The van der Waals surface area contributed by atoms with Crippen molar-refractivity contribution in [2.75, 3.05) is 0 Å². The van der Waals surface area contributed by atoms with E-state index < -0.39 is 0 Å². The number of hydrogen-bond donors (Lipinski definition) is 1. The fourth-order valence-corrected chi connectivity index (χ4v) is 8.98. The Labute approximate surface area is 186 Å². The van der Waals surface area contributed by atoms with Gasteiger partial charge in [-0.3, -0.25) is 0 Å². The minimum absolute atomic E-state index is 0.0839. The Kier molecular flexibility index (Phi) is 6.35. The van der Waals surface area contributed by atoms with Crippen LogP contribution in [0.4, 0.5) is 0 Å². The zero-order chi connectivity index (χ0) is 21.7. The van der Waals surface area contributed by atoms with E-state index in [2.05, 4.69) is 53.7 Å². The molecule has 0 aromatic heterocycles. The van der Waals surface area contributed by atoms with Crippen LogP contribution in [0.15, 0.2) is 23.3 Å². The Morgan fingerprint density at radius 3 is 2.57 bits per heavy atom. The number of aliphatic hydroxyl groups is 1. The summed E-state index contributed by atoms with van der Waals surface area (Å²) in [6, 6.07) is 0. The topological polar surface area (TPSA) is 20.2 Å². The first-order chi connectivity index (χ1) is 14.2. The maximum atomic E-state index is 10.2. The van der Waals surface area contributed by atoms with Crippen LogP contribution in [-0.2, 0) is 0 Å². The highest BCUT2D eigenvalue weighted by molar-refractivity contribution is 5.25. The van der Waals surface area contributed by atoms with Crippen LogP contribution in [0, 0.1) is 46.3 Å². The Balaban J connectivity index is 1.49. The summed E-state index contributed by atoms with van der Waals surface area (Å²) in [6.07, 6.45) is 17.8. The first-order valence-corrected chi connectivity index (χ1v) is 13.2. The average molecular weight is 413 g/mol. The van der Waals surface area contributed by atoms with Gasteiger partial charge in [0.1, 0.15) is 0 Å². The summed E-state index contributed by atoms with van der Waals surface area (Å²) in [6.45, 7) is 14.7. The molecule has 1 N–H and O–H groups in total. The van der Waals surface area contributed by atoms with Gasteiger partial charge in [0.15, 0.2) is 0 Å². The molecule has 0 aromatic carbocycles. The van der Waals surface area contributed by atoms with Crippen molar-refractivity contribution in [1.82, 2.24) is 0 Å². The van der Waals surface area contributed by atoms with Gasteiger partial charge in [0, 0.05) is 0 Å². The minimum Gasteiger partial charge on any atom is -0.393 e. The van der Waals surface area contributed by atoms with Crippen LogP contribution in [0.2, 0.25) is 0 Å².